The van der Waals surface area contributed by atoms with E-state index in [1.54, 1.807) is 18.2 Å². The maximum atomic E-state index is 13.7. The van der Waals surface area contributed by atoms with E-state index < -0.39 is 11.8 Å². The number of aromatic carboxylic acids is 1. The molecule has 6 heteroatoms. The molecule has 0 aliphatic rings. The van der Waals surface area contributed by atoms with Crippen LogP contribution in [0.3, 0.4) is 0 Å². The molecule has 0 radical (unpaired) electrons. The van der Waals surface area contributed by atoms with E-state index >= 15 is 0 Å². The summed E-state index contributed by atoms with van der Waals surface area (Å²) >= 11 is 0. The highest BCUT2D eigenvalue weighted by Gasteiger charge is 2.14. The Labute approximate surface area is 114 Å². The molecule has 0 aliphatic carbocycles. The van der Waals surface area contributed by atoms with Crippen LogP contribution in [0.2, 0.25) is 0 Å². The van der Waals surface area contributed by atoms with Crippen LogP contribution in [0.25, 0.3) is 0 Å². The minimum absolute atomic E-state index is 0.175. The fourth-order valence-corrected chi connectivity index (χ4v) is 1.67. The molecule has 0 saturated carbocycles. The van der Waals surface area contributed by atoms with Crippen LogP contribution < -0.4 is 10.5 Å². The second kappa shape index (κ2) is 5.58. The quantitative estimate of drug-likeness (QED) is 0.746. The molecule has 0 aliphatic heterocycles. The lowest BCUT2D eigenvalue weighted by atomic mass is 10.1. The monoisotopic (exact) mass is 277 g/mol. The molecular formula is C14H12FNO4. The topological polar surface area (TPSA) is 92.8 Å². The number of halogens is 1. The number of carbonyl (C=O) groups is 1. The van der Waals surface area contributed by atoms with E-state index in [0.717, 1.165) is 12.1 Å². The number of nitrogen functional groups attached to an aromatic ring is 1. The second-order valence-electron chi connectivity index (χ2n) is 4.08. The number of nitrogens with two attached hydrogens (primary N) is 1. The molecule has 0 heterocycles. The number of hydrogen-bond acceptors (Lipinski definition) is 4. The average Bonchev–Trinajstić information content (AvgIpc) is 2.41. The SMILES string of the molecule is Nc1cc(F)c(Oc2cccc(CO)c2)cc1C(=O)O. The maximum Gasteiger partial charge on any atom is 0.337 e. The summed E-state index contributed by atoms with van der Waals surface area (Å²) in [7, 11) is 0. The Bertz CT molecular complexity index is 658. The summed E-state index contributed by atoms with van der Waals surface area (Å²) in [5.41, 5.74) is 5.60. The summed E-state index contributed by atoms with van der Waals surface area (Å²) in [6.07, 6.45) is 0. The summed E-state index contributed by atoms with van der Waals surface area (Å²) < 4.78 is 19.0. The Hall–Kier alpha value is -2.60. The number of aliphatic hydroxyl groups excluding tert-OH is 1. The highest BCUT2D eigenvalue weighted by atomic mass is 19.1. The first-order chi connectivity index (χ1) is 9.51. The fourth-order valence-electron chi connectivity index (χ4n) is 1.67. The van der Waals surface area contributed by atoms with Gasteiger partial charge in [0, 0.05) is 17.8 Å². The lowest BCUT2D eigenvalue weighted by Gasteiger charge is -2.10. The number of ether oxygens (including phenoxy) is 1. The molecule has 2 aromatic carbocycles. The Morgan fingerprint density at radius 3 is 2.70 bits per heavy atom. The van der Waals surface area contributed by atoms with Crippen molar-refractivity contribution in [2.45, 2.75) is 6.61 Å². The van der Waals surface area contributed by atoms with Gasteiger partial charge in [0.25, 0.3) is 0 Å². The molecule has 20 heavy (non-hydrogen) atoms. The molecule has 2 rings (SSSR count). The van der Waals surface area contributed by atoms with Gasteiger partial charge in [0.2, 0.25) is 0 Å². The number of carboxylic acid groups (broad SMARTS) is 1. The Morgan fingerprint density at radius 2 is 2.05 bits per heavy atom. The number of aliphatic hydroxyl groups is 1. The van der Waals surface area contributed by atoms with Crippen molar-refractivity contribution in [3.05, 3.63) is 53.3 Å². The average molecular weight is 277 g/mol. The summed E-state index contributed by atoms with van der Waals surface area (Å²) in [6.45, 7) is -0.179. The summed E-state index contributed by atoms with van der Waals surface area (Å²) in [4.78, 5) is 10.9. The molecule has 104 valence electrons. The van der Waals surface area contributed by atoms with Crippen molar-refractivity contribution in [1.29, 1.82) is 0 Å². The molecule has 0 bridgehead atoms. The van der Waals surface area contributed by atoms with Gasteiger partial charge in [-0.3, -0.25) is 0 Å². The number of rotatable bonds is 4. The van der Waals surface area contributed by atoms with Crippen molar-refractivity contribution in [1.82, 2.24) is 0 Å². The number of benzene rings is 2. The zero-order chi connectivity index (χ0) is 14.7. The van der Waals surface area contributed by atoms with E-state index in [1.165, 1.54) is 6.07 Å². The zero-order valence-corrected chi connectivity index (χ0v) is 10.3. The van der Waals surface area contributed by atoms with Crippen LogP contribution in [-0.4, -0.2) is 16.2 Å². The van der Waals surface area contributed by atoms with E-state index in [-0.39, 0.29) is 29.4 Å². The molecular weight excluding hydrogens is 265 g/mol. The van der Waals surface area contributed by atoms with Crippen LogP contribution in [0.4, 0.5) is 10.1 Å². The first kappa shape index (κ1) is 13.8. The first-order valence-electron chi connectivity index (χ1n) is 5.71. The van der Waals surface area contributed by atoms with Crippen molar-refractivity contribution >= 4 is 11.7 Å². The van der Waals surface area contributed by atoms with Gasteiger partial charge in [0.1, 0.15) is 5.75 Å². The van der Waals surface area contributed by atoms with Gasteiger partial charge in [-0.05, 0) is 17.7 Å². The molecule has 2 aromatic rings. The van der Waals surface area contributed by atoms with E-state index in [0.29, 0.717) is 5.56 Å². The maximum absolute atomic E-state index is 13.7. The number of carboxylic acids is 1. The predicted molar refractivity (Wildman–Crippen MR) is 70.2 cm³/mol. The van der Waals surface area contributed by atoms with Gasteiger partial charge < -0.3 is 20.7 Å². The third-order valence-corrected chi connectivity index (χ3v) is 2.64. The van der Waals surface area contributed by atoms with Crippen LogP contribution in [0.1, 0.15) is 15.9 Å². The van der Waals surface area contributed by atoms with Crippen LogP contribution in [0.15, 0.2) is 36.4 Å². The van der Waals surface area contributed by atoms with E-state index in [9.17, 15) is 9.18 Å². The van der Waals surface area contributed by atoms with Gasteiger partial charge in [-0.2, -0.15) is 0 Å². The normalized spacial score (nSPS) is 10.3. The highest BCUT2D eigenvalue weighted by molar-refractivity contribution is 5.94. The van der Waals surface area contributed by atoms with Crippen molar-refractivity contribution < 1.29 is 24.1 Å². The van der Waals surface area contributed by atoms with Crippen LogP contribution in [0, 0.1) is 5.82 Å². The van der Waals surface area contributed by atoms with Gasteiger partial charge in [-0.1, -0.05) is 12.1 Å². The lowest BCUT2D eigenvalue weighted by molar-refractivity contribution is 0.0697. The Balaban J connectivity index is 2.37. The van der Waals surface area contributed by atoms with Crippen molar-refractivity contribution in [3.8, 4) is 11.5 Å². The minimum atomic E-state index is -1.27. The van der Waals surface area contributed by atoms with Crippen molar-refractivity contribution in [2.75, 3.05) is 5.73 Å². The van der Waals surface area contributed by atoms with E-state index in [1.807, 2.05) is 0 Å². The zero-order valence-electron chi connectivity index (χ0n) is 10.3. The molecule has 4 N–H and O–H groups in total. The van der Waals surface area contributed by atoms with E-state index in [4.69, 9.17) is 20.7 Å². The number of anilines is 1. The summed E-state index contributed by atoms with van der Waals surface area (Å²) in [6, 6.07) is 8.32. The van der Waals surface area contributed by atoms with Gasteiger partial charge in [-0.15, -0.1) is 0 Å². The largest absolute Gasteiger partial charge is 0.478 e. The summed E-state index contributed by atoms with van der Waals surface area (Å²) in [5, 5.41) is 18.0. The third-order valence-electron chi connectivity index (χ3n) is 2.64. The lowest BCUT2D eigenvalue weighted by Crippen LogP contribution is -2.04. The molecule has 5 nitrogen and oxygen atoms in total. The first-order valence-corrected chi connectivity index (χ1v) is 5.71. The third kappa shape index (κ3) is 2.86. The standard InChI is InChI=1S/C14H12FNO4/c15-11-6-12(16)10(14(18)19)5-13(11)20-9-3-1-2-8(4-9)7-17/h1-6,17H,7,16H2,(H,18,19). The molecule has 0 amide bonds. The van der Waals surface area contributed by atoms with Gasteiger partial charge in [0.05, 0.1) is 12.2 Å². The Kier molecular flexibility index (Phi) is 3.86. The van der Waals surface area contributed by atoms with Gasteiger partial charge in [0.15, 0.2) is 11.6 Å². The van der Waals surface area contributed by atoms with E-state index in [2.05, 4.69) is 0 Å². The minimum Gasteiger partial charge on any atom is -0.478 e. The van der Waals surface area contributed by atoms with Crippen LogP contribution in [0.5, 0.6) is 11.5 Å². The molecule has 0 unspecified atom stereocenters. The summed E-state index contributed by atoms with van der Waals surface area (Å²) in [5.74, 6) is -1.98. The van der Waals surface area contributed by atoms with Gasteiger partial charge >= 0.3 is 5.97 Å². The molecule has 0 aromatic heterocycles. The smallest absolute Gasteiger partial charge is 0.337 e. The van der Waals surface area contributed by atoms with Gasteiger partial charge in [-0.25, -0.2) is 9.18 Å². The van der Waals surface area contributed by atoms with Crippen molar-refractivity contribution in [3.63, 3.8) is 0 Å². The molecule has 0 saturated heterocycles. The molecule has 0 atom stereocenters. The van der Waals surface area contributed by atoms with Crippen LogP contribution in [-0.2, 0) is 6.61 Å². The fraction of sp³-hybridized carbons (Fsp3) is 0.0714. The highest BCUT2D eigenvalue weighted by Crippen LogP contribution is 2.29. The Morgan fingerprint density at radius 1 is 1.30 bits per heavy atom. The second-order valence-corrected chi connectivity index (χ2v) is 4.08. The molecule has 0 fully saturated rings. The number of hydrogen-bond donors (Lipinski definition) is 3. The van der Waals surface area contributed by atoms with Crippen molar-refractivity contribution in [2.24, 2.45) is 0 Å². The van der Waals surface area contributed by atoms with Crippen LogP contribution >= 0.6 is 0 Å². The molecule has 0 spiro atoms. The predicted octanol–water partition coefficient (Wildman–Crippen LogP) is 2.39.